The lowest BCUT2D eigenvalue weighted by molar-refractivity contribution is 0.0602. The topological polar surface area (TPSA) is 64.3 Å². The van der Waals surface area contributed by atoms with Gasteiger partial charge in [0.25, 0.3) is 0 Å². The van der Waals surface area contributed by atoms with Gasteiger partial charge in [-0.25, -0.2) is 4.79 Å². The number of hydrogen-bond donors (Lipinski definition) is 2. The Morgan fingerprint density at radius 3 is 2.50 bits per heavy atom. The SMILES string of the molecule is CCc1ccc(Nc2ccc(N)cc2C(=O)OC)cc1. The van der Waals surface area contributed by atoms with Gasteiger partial charge in [0.05, 0.1) is 18.4 Å². The number of benzene rings is 2. The van der Waals surface area contributed by atoms with Gasteiger partial charge in [-0.2, -0.15) is 0 Å². The molecule has 0 aliphatic heterocycles. The number of anilines is 3. The van der Waals surface area contributed by atoms with Crippen LogP contribution in [-0.4, -0.2) is 13.1 Å². The van der Waals surface area contributed by atoms with Crippen LogP contribution in [0.3, 0.4) is 0 Å². The van der Waals surface area contributed by atoms with Crippen molar-refractivity contribution in [3.63, 3.8) is 0 Å². The summed E-state index contributed by atoms with van der Waals surface area (Å²) in [4.78, 5) is 11.8. The smallest absolute Gasteiger partial charge is 0.340 e. The summed E-state index contributed by atoms with van der Waals surface area (Å²) in [6, 6.07) is 13.2. The minimum Gasteiger partial charge on any atom is -0.465 e. The summed E-state index contributed by atoms with van der Waals surface area (Å²) in [5.41, 5.74) is 9.52. The third kappa shape index (κ3) is 3.09. The number of methoxy groups -OCH3 is 1. The van der Waals surface area contributed by atoms with Gasteiger partial charge < -0.3 is 15.8 Å². The zero-order valence-corrected chi connectivity index (χ0v) is 11.6. The van der Waals surface area contributed by atoms with Gasteiger partial charge in [0.1, 0.15) is 0 Å². The molecule has 4 nitrogen and oxygen atoms in total. The molecule has 3 N–H and O–H groups in total. The molecule has 20 heavy (non-hydrogen) atoms. The van der Waals surface area contributed by atoms with Crippen LogP contribution in [0.4, 0.5) is 17.1 Å². The van der Waals surface area contributed by atoms with E-state index in [2.05, 4.69) is 24.4 Å². The van der Waals surface area contributed by atoms with Crippen LogP contribution in [-0.2, 0) is 11.2 Å². The number of carbonyl (C=O) groups excluding carboxylic acids is 1. The number of aryl methyl sites for hydroxylation is 1. The highest BCUT2D eigenvalue weighted by atomic mass is 16.5. The molecule has 0 unspecified atom stereocenters. The number of esters is 1. The fourth-order valence-electron chi connectivity index (χ4n) is 1.93. The Bertz CT molecular complexity index is 606. The second-order valence-corrected chi connectivity index (χ2v) is 4.47. The Kier molecular flexibility index (Phi) is 4.25. The first-order valence-electron chi connectivity index (χ1n) is 6.48. The third-order valence-electron chi connectivity index (χ3n) is 3.09. The fourth-order valence-corrected chi connectivity index (χ4v) is 1.93. The minimum absolute atomic E-state index is 0.412. The molecular weight excluding hydrogens is 252 g/mol. The number of carbonyl (C=O) groups is 1. The molecule has 0 bridgehead atoms. The quantitative estimate of drug-likeness (QED) is 0.660. The van der Waals surface area contributed by atoms with Gasteiger partial charge in [-0.3, -0.25) is 0 Å². The lowest BCUT2D eigenvalue weighted by atomic mass is 10.1. The van der Waals surface area contributed by atoms with E-state index in [-0.39, 0.29) is 0 Å². The molecule has 104 valence electrons. The summed E-state index contributed by atoms with van der Waals surface area (Å²) in [5, 5.41) is 3.21. The molecule has 4 heteroatoms. The van der Waals surface area contributed by atoms with Crippen LogP contribution in [0, 0.1) is 0 Å². The zero-order chi connectivity index (χ0) is 14.5. The van der Waals surface area contributed by atoms with Crippen LogP contribution in [0.25, 0.3) is 0 Å². The Morgan fingerprint density at radius 1 is 1.20 bits per heavy atom. The number of ether oxygens (including phenoxy) is 1. The zero-order valence-electron chi connectivity index (χ0n) is 11.6. The van der Waals surface area contributed by atoms with E-state index in [1.165, 1.54) is 12.7 Å². The molecule has 2 aromatic carbocycles. The van der Waals surface area contributed by atoms with Crippen molar-refractivity contribution in [2.75, 3.05) is 18.2 Å². The number of nitrogens with two attached hydrogens (primary N) is 1. The standard InChI is InChI=1S/C16H18N2O2/c1-3-11-4-7-13(8-5-11)18-15-9-6-12(17)10-14(15)16(19)20-2/h4-10,18H,3,17H2,1-2H3. The molecule has 0 aliphatic carbocycles. The summed E-state index contributed by atoms with van der Waals surface area (Å²) in [7, 11) is 1.35. The summed E-state index contributed by atoms with van der Waals surface area (Å²) in [6.45, 7) is 2.11. The van der Waals surface area contributed by atoms with Crippen LogP contribution in [0.5, 0.6) is 0 Å². The maximum atomic E-state index is 11.8. The van der Waals surface area contributed by atoms with E-state index in [1.54, 1.807) is 18.2 Å². The van der Waals surface area contributed by atoms with Crippen LogP contribution >= 0.6 is 0 Å². The lowest BCUT2D eigenvalue weighted by Crippen LogP contribution is -2.06. The number of nitrogens with one attached hydrogen (secondary N) is 1. The second-order valence-electron chi connectivity index (χ2n) is 4.47. The predicted molar refractivity (Wildman–Crippen MR) is 81.3 cm³/mol. The van der Waals surface area contributed by atoms with Gasteiger partial charge in [0, 0.05) is 11.4 Å². The summed E-state index contributed by atoms with van der Waals surface area (Å²) in [5.74, 6) is -0.412. The molecule has 0 fully saturated rings. The Balaban J connectivity index is 2.30. The van der Waals surface area contributed by atoms with E-state index < -0.39 is 5.97 Å². The van der Waals surface area contributed by atoms with Crippen molar-refractivity contribution in [3.05, 3.63) is 53.6 Å². The molecule has 2 rings (SSSR count). The molecule has 2 aromatic rings. The van der Waals surface area contributed by atoms with Gasteiger partial charge in [0.2, 0.25) is 0 Å². The average Bonchev–Trinajstić information content (AvgIpc) is 2.49. The molecular formula is C16H18N2O2. The largest absolute Gasteiger partial charge is 0.465 e. The van der Waals surface area contributed by atoms with E-state index in [9.17, 15) is 4.79 Å². The van der Waals surface area contributed by atoms with E-state index in [1.807, 2.05) is 12.1 Å². The molecule has 0 saturated carbocycles. The van der Waals surface area contributed by atoms with Gasteiger partial charge >= 0.3 is 5.97 Å². The van der Waals surface area contributed by atoms with Crippen LogP contribution < -0.4 is 11.1 Å². The predicted octanol–water partition coefficient (Wildman–Crippen LogP) is 3.36. The maximum absolute atomic E-state index is 11.8. The third-order valence-corrected chi connectivity index (χ3v) is 3.09. The van der Waals surface area contributed by atoms with E-state index in [0.717, 1.165) is 12.1 Å². The second kappa shape index (κ2) is 6.10. The highest BCUT2D eigenvalue weighted by Crippen LogP contribution is 2.24. The maximum Gasteiger partial charge on any atom is 0.340 e. The molecule has 0 amide bonds. The van der Waals surface area contributed by atoms with Gasteiger partial charge in [-0.05, 0) is 42.3 Å². The fraction of sp³-hybridized carbons (Fsp3) is 0.188. The van der Waals surface area contributed by atoms with Crippen molar-refractivity contribution < 1.29 is 9.53 Å². The molecule has 0 spiro atoms. The van der Waals surface area contributed by atoms with Gasteiger partial charge in [-0.1, -0.05) is 19.1 Å². The first-order valence-corrected chi connectivity index (χ1v) is 6.48. The molecule has 0 radical (unpaired) electrons. The van der Waals surface area contributed by atoms with E-state index in [0.29, 0.717) is 16.9 Å². The Morgan fingerprint density at radius 2 is 1.90 bits per heavy atom. The normalized spacial score (nSPS) is 10.1. The van der Waals surface area contributed by atoms with Crippen molar-refractivity contribution in [2.24, 2.45) is 0 Å². The lowest BCUT2D eigenvalue weighted by Gasteiger charge is -2.12. The molecule has 0 heterocycles. The van der Waals surface area contributed by atoms with Crippen molar-refractivity contribution in [3.8, 4) is 0 Å². The summed E-state index contributed by atoms with van der Waals surface area (Å²) < 4.78 is 4.77. The van der Waals surface area contributed by atoms with E-state index >= 15 is 0 Å². The summed E-state index contributed by atoms with van der Waals surface area (Å²) >= 11 is 0. The number of hydrogen-bond acceptors (Lipinski definition) is 4. The first-order chi connectivity index (χ1) is 9.63. The van der Waals surface area contributed by atoms with Crippen molar-refractivity contribution in [1.29, 1.82) is 0 Å². The van der Waals surface area contributed by atoms with Crippen molar-refractivity contribution in [2.45, 2.75) is 13.3 Å². The Hall–Kier alpha value is -2.49. The number of rotatable bonds is 4. The molecule has 0 aliphatic rings. The Labute approximate surface area is 118 Å². The van der Waals surface area contributed by atoms with Crippen molar-refractivity contribution >= 4 is 23.0 Å². The van der Waals surface area contributed by atoms with Crippen LogP contribution in [0.15, 0.2) is 42.5 Å². The highest BCUT2D eigenvalue weighted by Gasteiger charge is 2.12. The average molecular weight is 270 g/mol. The highest BCUT2D eigenvalue weighted by molar-refractivity contribution is 5.97. The van der Waals surface area contributed by atoms with Crippen LogP contribution in [0.1, 0.15) is 22.8 Å². The molecule has 0 aromatic heterocycles. The van der Waals surface area contributed by atoms with E-state index in [4.69, 9.17) is 10.5 Å². The van der Waals surface area contributed by atoms with Gasteiger partial charge in [0.15, 0.2) is 0 Å². The molecule has 0 atom stereocenters. The summed E-state index contributed by atoms with van der Waals surface area (Å²) in [6.07, 6.45) is 0.996. The number of nitrogen functional groups attached to an aromatic ring is 1. The minimum atomic E-state index is -0.412. The monoisotopic (exact) mass is 270 g/mol. The molecule has 0 saturated heterocycles. The van der Waals surface area contributed by atoms with Crippen molar-refractivity contribution in [1.82, 2.24) is 0 Å². The first kappa shape index (κ1) is 13.9. The van der Waals surface area contributed by atoms with Crippen LogP contribution in [0.2, 0.25) is 0 Å². The van der Waals surface area contributed by atoms with Gasteiger partial charge in [-0.15, -0.1) is 0 Å².